The van der Waals surface area contributed by atoms with Crippen molar-refractivity contribution in [1.29, 1.82) is 0 Å². The summed E-state index contributed by atoms with van der Waals surface area (Å²) in [6.07, 6.45) is 6.32. The molecule has 2 nitrogen and oxygen atoms in total. The van der Waals surface area contributed by atoms with Gasteiger partial charge < -0.3 is 4.90 Å². The first-order valence-electron chi connectivity index (χ1n) is 6.75. The average Bonchev–Trinajstić information content (AvgIpc) is 2.47. The zero-order valence-electron chi connectivity index (χ0n) is 12.0. The van der Waals surface area contributed by atoms with Gasteiger partial charge in [-0.3, -0.25) is 0 Å². The van der Waals surface area contributed by atoms with Crippen LogP contribution in [0.25, 0.3) is 12.2 Å². The molecule has 0 aliphatic heterocycles. The summed E-state index contributed by atoms with van der Waals surface area (Å²) in [5.74, 6) is 0.864. The molecule has 3 heteroatoms. The van der Waals surface area contributed by atoms with Crippen LogP contribution in [0.5, 0.6) is 0 Å². The van der Waals surface area contributed by atoms with Gasteiger partial charge in [-0.1, -0.05) is 12.1 Å². The van der Waals surface area contributed by atoms with E-state index >= 15 is 0 Å². The molecular formula is C17H21N2S+. The number of hydrogen-bond acceptors (Lipinski definition) is 2. The van der Waals surface area contributed by atoms with Crippen LogP contribution in [0.3, 0.4) is 0 Å². The van der Waals surface area contributed by atoms with E-state index in [2.05, 4.69) is 90.9 Å². The minimum atomic E-state index is 0.864. The van der Waals surface area contributed by atoms with Crippen molar-refractivity contribution in [2.75, 3.05) is 24.2 Å². The largest absolute Gasteiger partial charge is 0.374 e. The third kappa shape index (κ3) is 3.87. The standard InChI is InChI=1S/C17H20N2S/c1-18-12-4-3-5-16(18)9-6-15-7-10-17(11-8-15)19(2)13-14-20/h3-12H,13-14H2,1-2H3/p+1. The first kappa shape index (κ1) is 14.7. The summed E-state index contributed by atoms with van der Waals surface area (Å²) in [5, 5.41) is 0. The van der Waals surface area contributed by atoms with Crippen LogP contribution in [0.2, 0.25) is 0 Å². The van der Waals surface area contributed by atoms with Gasteiger partial charge in [-0.2, -0.15) is 12.6 Å². The number of anilines is 1. The second kappa shape index (κ2) is 7.15. The normalized spacial score (nSPS) is 10.9. The molecule has 0 aliphatic rings. The molecule has 0 aliphatic carbocycles. The van der Waals surface area contributed by atoms with Crippen LogP contribution in [-0.2, 0) is 7.05 Å². The summed E-state index contributed by atoms with van der Waals surface area (Å²) in [6.45, 7) is 0.956. The maximum Gasteiger partial charge on any atom is 0.204 e. The van der Waals surface area contributed by atoms with Gasteiger partial charge in [0.25, 0.3) is 0 Å². The summed E-state index contributed by atoms with van der Waals surface area (Å²) in [7, 11) is 4.14. The van der Waals surface area contributed by atoms with E-state index in [0.717, 1.165) is 12.3 Å². The van der Waals surface area contributed by atoms with Crippen LogP contribution in [-0.4, -0.2) is 19.3 Å². The molecule has 0 radical (unpaired) electrons. The molecule has 0 spiro atoms. The van der Waals surface area contributed by atoms with E-state index in [1.807, 2.05) is 6.07 Å². The molecular weight excluding hydrogens is 264 g/mol. The number of pyridine rings is 1. The molecule has 20 heavy (non-hydrogen) atoms. The molecule has 0 atom stereocenters. The predicted molar refractivity (Wildman–Crippen MR) is 90.1 cm³/mol. The van der Waals surface area contributed by atoms with Gasteiger partial charge in [0.05, 0.1) is 0 Å². The fourth-order valence-corrected chi connectivity index (χ4v) is 2.31. The zero-order chi connectivity index (χ0) is 14.4. The lowest BCUT2D eigenvalue weighted by atomic mass is 10.1. The SMILES string of the molecule is CN(CCS)c1ccc(/C=C/c2cccc[n+]2C)cc1. The molecule has 0 N–H and O–H groups in total. The van der Waals surface area contributed by atoms with E-state index in [-0.39, 0.29) is 0 Å². The van der Waals surface area contributed by atoms with Crippen molar-refractivity contribution in [2.24, 2.45) is 7.05 Å². The fourth-order valence-electron chi connectivity index (χ4n) is 2.01. The third-order valence-corrected chi connectivity index (χ3v) is 3.51. The van der Waals surface area contributed by atoms with E-state index in [9.17, 15) is 0 Å². The molecule has 0 bridgehead atoms. The van der Waals surface area contributed by atoms with Gasteiger partial charge in [0.1, 0.15) is 7.05 Å². The molecule has 0 unspecified atom stereocenters. The van der Waals surface area contributed by atoms with Gasteiger partial charge in [0, 0.05) is 43.2 Å². The van der Waals surface area contributed by atoms with E-state index in [1.165, 1.54) is 16.9 Å². The molecule has 1 aromatic carbocycles. The smallest absolute Gasteiger partial charge is 0.204 e. The van der Waals surface area contributed by atoms with E-state index < -0.39 is 0 Å². The Morgan fingerprint density at radius 1 is 1.10 bits per heavy atom. The van der Waals surface area contributed by atoms with Crippen LogP contribution in [0, 0.1) is 0 Å². The molecule has 0 saturated heterocycles. The fraction of sp³-hybridized carbons (Fsp3) is 0.235. The lowest BCUT2D eigenvalue weighted by Gasteiger charge is -2.17. The maximum atomic E-state index is 4.26. The monoisotopic (exact) mass is 285 g/mol. The minimum absolute atomic E-state index is 0.864. The second-order valence-electron chi connectivity index (χ2n) is 4.81. The Kier molecular flexibility index (Phi) is 5.24. The van der Waals surface area contributed by atoms with Crippen molar-refractivity contribution in [2.45, 2.75) is 0 Å². The molecule has 2 rings (SSSR count). The third-order valence-electron chi connectivity index (χ3n) is 3.31. The van der Waals surface area contributed by atoms with Crippen LogP contribution in [0.1, 0.15) is 11.3 Å². The van der Waals surface area contributed by atoms with Gasteiger partial charge >= 0.3 is 0 Å². The van der Waals surface area contributed by atoms with Gasteiger partial charge in [-0.25, -0.2) is 4.57 Å². The van der Waals surface area contributed by atoms with Crippen molar-refractivity contribution >= 4 is 30.5 Å². The lowest BCUT2D eigenvalue weighted by Crippen LogP contribution is -2.30. The maximum absolute atomic E-state index is 4.26. The topological polar surface area (TPSA) is 7.12 Å². The average molecular weight is 285 g/mol. The molecule has 0 fully saturated rings. The Bertz CT molecular complexity index is 576. The Hall–Kier alpha value is -1.74. The second-order valence-corrected chi connectivity index (χ2v) is 5.25. The Morgan fingerprint density at radius 2 is 1.85 bits per heavy atom. The number of aromatic nitrogens is 1. The number of rotatable bonds is 5. The van der Waals surface area contributed by atoms with Crippen molar-refractivity contribution in [3.63, 3.8) is 0 Å². The summed E-state index contributed by atoms with van der Waals surface area (Å²) in [5.41, 5.74) is 3.61. The minimum Gasteiger partial charge on any atom is -0.374 e. The number of benzene rings is 1. The van der Waals surface area contributed by atoms with E-state index in [0.29, 0.717) is 0 Å². The highest BCUT2D eigenvalue weighted by Crippen LogP contribution is 2.15. The van der Waals surface area contributed by atoms with Gasteiger partial charge in [0.2, 0.25) is 5.69 Å². The first-order chi connectivity index (χ1) is 9.70. The molecule has 1 heterocycles. The highest BCUT2D eigenvalue weighted by Gasteiger charge is 2.00. The van der Waals surface area contributed by atoms with Crippen molar-refractivity contribution in [1.82, 2.24) is 0 Å². The van der Waals surface area contributed by atoms with Gasteiger partial charge in [-0.15, -0.1) is 0 Å². The van der Waals surface area contributed by atoms with Crippen LogP contribution in [0.15, 0.2) is 48.7 Å². The Labute approximate surface area is 126 Å². The van der Waals surface area contributed by atoms with Crippen LogP contribution >= 0.6 is 12.6 Å². The quantitative estimate of drug-likeness (QED) is 0.655. The van der Waals surface area contributed by atoms with Gasteiger partial charge in [0.15, 0.2) is 6.20 Å². The zero-order valence-corrected chi connectivity index (χ0v) is 12.9. The van der Waals surface area contributed by atoms with Crippen molar-refractivity contribution < 1.29 is 4.57 Å². The summed E-state index contributed by atoms with van der Waals surface area (Å²) in [4.78, 5) is 2.21. The van der Waals surface area contributed by atoms with Crippen LogP contribution < -0.4 is 9.47 Å². The summed E-state index contributed by atoms with van der Waals surface area (Å²) < 4.78 is 2.10. The molecule has 1 aromatic heterocycles. The summed E-state index contributed by atoms with van der Waals surface area (Å²) >= 11 is 4.26. The van der Waals surface area contributed by atoms with E-state index in [4.69, 9.17) is 0 Å². The number of hydrogen-bond donors (Lipinski definition) is 1. The number of nitrogens with zero attached hydrogens (tertiary/aromatic N) is 2. The molecule has 0 amide bonds. The molecule has 2 aromatic rings. The van der Waals surface area contributed by atoms with Gasteiger partial charge in [-0.05, 0) is 29.8 Å². The number of aryl methyl sites for hydroxylation is 1. The van der Waals surface area contributed by atoms with Crippen LogP contribution in [0.4, 0.5) is 5.69 Å². The Balaban J connectivity index is 2.09. The highest BCUT2D eigenvalue weighted by atomic mass is 32.1. The number of thiol groups is 1. The summed E-state index contributed by atoms with van der Waals surface area (Å²) in [6, 6.07) is 14.8. The highest BCUT2D eigenvalue weighted by molar-refractivity contribution is 7.80. The predicted octanol–water partition coefficient (Wildman–Crippen LogP) is 3.05. The van der Waals surface area contributed by atoms with Crippen molar-refractivity contribution in [3.05, 3.63) is 59.9 Å². The van der Waals surface area contributed by atoms with Crippen molar-refractivity contribution in [3.8, 4) is 0 Å². The molecule has 104 valence electrons. The first-order valence-corrected chi connectivity index (χ1v) is 7.39. The Morgan fingerprint density at radius 3 is 2.50 bits per heavy atom. The van der Waals surface area contributed by atoms with E-state index in [1.54, 1.807) is 0 Å². The lowest BCUT2D eigenvalue weighted by molar-refractivity contribution is -0.673. The molecule has 0 saturated carbocycles.